The largest absolute Gasteiger partial charge is 0.460 e. The second-order valence-corrected chi connectivity index (χ2v) is 3.17. The molecule has 5 heteroatoms. The third-order valence-electron chi connectivity index (χ3n) is 1.57. The zero-order valence-corrected chi connectivity index (χ0v) is 7.18. The van der Waals surface area contributed by atoms with E-state index in [4.69, 9.17) is 33.2 Å². The van der Waals surface area contributed by atoms with Gasteiger partial charge in [0.05, 0.1) is 5.03 Å². The summed E-state index contributed by atoms with van der Waals surface area (Å²) in [4.78, 5) is 0. The van der Waals surface area contributed by atoms with E-state index in [1.54, 1.807) is 12.2 Å². The standard InChI is InChI=1S/C6H7BCl2O2/c8-5-3-1-2-4(6(5)9)7(10)11/h1,3-4,10-11H,2H2. The molecule has 0 radical (unpaired) electrons. The molecule has 0 bridgehead atoms. The zero-order valence-electron chi connectivity index (χ0n) is 5.67. The maximum absolute atomic E-state index is 8.81. The molecule has 1 unspecified atom stereocenters. The maximum atomic E-state index is 8.81. The summed E-state index contributed by atoms with van der Waals surface area (Å²) in [5.74, 6) is -0.464. The number of allylic oxidation sites excluding steroid dienone is 4. The van der Waals surface area contributed by atoms with E-state index in [1.165, 1.54) is 0 Å². The fraction of sp³-hybridized carbons (Fsp3) is 0.333. The van der Waals surface area contributed by atoms with Crippen molar-refractivity contribution in [2.45, 2.75) is 12.2 Å². The van der Waals surface area contributed by atoms with Crippen LogP contribution in [0.5, 0.6) is 0 Å². The summed E-state index contributed by atoms with van der Waals surface area (Å²) < 4.78 is 0. The molecule has 0 amide bonds. The highest BCUT2D eigenvalue weighted by Gasteiger charge is 2.28. The predicted molar refractivity (Wildman–Crippen MR) is 46.4 cm³/mol. The van der Waals surface area contributed by atoms with Crippen LogP contribution in [-0.4, -0.2) is 17.2 Å². The van der Waals surface area contributed by atoms with E-state index in [1.807, 2.05) is 0 Å². The Hall–Kier alpha value is 0.0449. The first-order valence-electron chi connectivity index (χ1n) is 3.20. The van der Waals surface area contributed by atoms with E-state index in [-0.39, 0.29) is 0 Å². The van der Waals surface area contributed by atoms with Crippen LogP contribution >= 0.6 is 23.2 Å². The Labute approximate surface area is 75.3 Å². The molecule has 0 spiro atoms. The van der Waals surface area contributed by atoms with Crippen LogP contribution in [0.4, 0.5) is 0 Å². The summed E-state index contributed by atoms with van der Waals surface area (Å²) >= 11 is 11.3. The molecule has 1 aliphatic rings. The van der Waals surface area contributed by atoms with Gasteiger partial charge < -0.3 is 10.0 Å². The van der Waals surface area contributed by atoms with Crippen LogP contribution in [0.2, 0.25) is 5.82 Å². The van der Waals surface area contributed by atoms with Gasteiger partial charge in [-0.25, -0.2) is 0 Å². The summed E-state index contributed by atoms with van der Waals surface area (Å²) in [5, 5.41) is 18.3. The molecule has 1 atom stereocenters. The molecular formula is C6H7BCl2O2. The van der Waals surface area contributed by atoms with Crippen LogP contribution in [0.15, 0.2) is 22.2 Å². The molecule has 0 aromatic heterocycles. The van der Waals surface area contributed by atoms with Crippen molar-refractivity contribution in [2.24, 2.45) is 0 Å². The average Bonchev–Trinajstić information content (AvgIpc) is 1.94. The average molecular weight is 193 g/mol. The first kappa shape index (κ1) is 9.14. The molecule has 0 saturated heterocycles. The van der Waals surface area contributed by atoms with Crippen molar-refractivity contribution in [3.05, 3.63) is 22.2 Å². The second kappa shape index (κ2) is 3.63. The van der Waals surface area contributed by atoms with Crippen LogP contribution < -0.4 is 0 Å². The van der Waals surface area contributed by atoms with Gasteiger partial charge in [0.2, 0.25) is 0 Å². The van der Waals surface area contributed by atoms with Crippen molar-refractivity contribution in [1.29, 1.82) is 0 Å². The Morgan fingerprint density at radius 3 is 2.55 bits per heavy atom. The minimum atomic E-state index is -1.43. The SMILES string of the molecule is OB(O)C1CC=CC(Cl)=C1Cl. The van der Waals surface area contributed by atoms with Crippen molar-refractivity contribution in [1.82, 2.24) is 0 Å². The summed E-state index contributed by atoms with van der Waals surface area (Å²) in [6.07, 6.45) is 3.94. The highest BCUT2D eigenvalue weighted by atomic mass is 35.5. The Bertz CT molecular complexity index is 213. The Kier molecular flexibility index (Phi) is 3.02. The first-order valence-corrected chi connectivity index (χ1v) is 3.96. The molecule has 0 aromatic carbocycles. The normalized spacial score (nSPS) is 24.2. The van der Waals surface area contributed by atoms with Crippen molar-refractivity contribution in [3.63, 3.8) is 0 Å². The van der Waals surface area contributed by atoms with Crippen LogP contribution in [0, 0.1) is 0 Å². The van der Waals surface area contributed by atoms with Gasteiger partial charge in [0.1, 0.15) is 0 Å². The van der Waals surface area contributed by atoms with E-state index < -0.39 is 12.9 Å². The molecule has 2 nitrogen and oxygen atoms in total. The first-order chi connectivity index (χ1) is 5.13. The van der Waals surface area contributed by atoms with E-state index in [0.717, 1.165) is 0 Å². The lowest BCUT2D eigenvalue weighted by atomic mass is 9.69. The van der Waals surface area contributed by atoms with Crippen LogP contribution in [0.25, 0.3) is 0 Å². The van der Waals surface area contributed by atoms with Gasteiger partial charge in [0.25, 0.3) is 0 Å². The molecule has 1 rings (SSSR count). The van der Waals surface area contributed by atoms with Gasteiger partial charge in [-0.3, -0.25) is 0 Å². The molecule has 2 N–H and O–H groups in total. The fourth-order valence-electron chi connectivity index (χ4n) is 0.931. The monoisotopic (exact) mass is 192 g/mol. The van der Waals surface area contributed by atoms with Crippen molar-refractivity contribution in [3.8, 4) is 0 Å². The molecule has 0 aliphatic heterocycles. The number of halogens is 2. The van der Waals surface area contributed by atoms with Crippen molar-refractivity contribution < 1.29 is 10.0 Å². The number of rotatable bonds is 1. The summed E-state index contributed by atoms with van der Waals surface area (Å²) in [6, 6.07) is 0. The third-order valence-corrected chi connectivity index (χ3v) is 2.48. The quantitative estimate of drug-likeness (QED) is 0.619. The van der Waals surface area contributed by atoms with Crippen molar-refractivity contribution in [2.75, 3.05) is 0 Å². The van der Waals surface area contributed by atoms with Crippen LogP contribution in [0.3, 0.4) is 0 Å². The van der Waals surface area contributed by atoms with E-state index in [2.05, 4.69) is 0 Å². The van der Waals surface area contributed by atoms with Gasteiger partial charge in [0.15, 0.2) is 0 Å². The predicted octanol–water partition coefficient (Wildman–Crippen LogP) is 1.48. The lowest BCUT2D eigenvalue weighted by molar-refractivity contribution is 0.393. The minimum Gasteiger partial charge on any atom is -0.427 e. The topological polar surface area (TPSA) is 40.5 Å². The van der Waals surface area contributed by atoms with Gasteiger partial charge >= 0.3 is 7.12 Å². The van der Waals surface area contributed by atoms with Crippen LogP contribution in [-0.2, 0) is 0 Å². The van der Waals surface area contributed by atoms with Crippen LogP contribution in [0.1, 0.15) is 6.42 Å². The molecule has 0 saturated carbocycles. The molecule has 0 fully saturated rings. The lowest BCUT2D eigenvalue weighted by Crippen LogP contribution is -2.21. The van der Waals surface area contributed by atoms with E-state index in [0.29, 0.717) is 16.5 Å². The van der Waals surface area contributed by atoms with Gasteiger partial charge in [-0.1, -0.05) is 29.3 Å². The lowest BCUT2D eigenvalue weighted by Gasteiger charge is -2.16. The summed E-state index contributed by atoms with van der Waals surface area (Å²) in [5.41, 5.74) is 0. The van der Waals surface area contributed by atoms with E-state index >= 15 is 0 Å². The van der Waals surface area contributed by atoms with Gasteiger partial charge in [-0.05, 0) is 12.5 Å². The second-order valence-electron chi connectivity index (χ2n) is 2.35. The fourth-order valence-corrected chi connectivity index (χ4v) is 1.42. The third kappa shape index (κ3) is 2.00. The smallest absolute Gasteiger partial charge is 0.427 e. The highest BCUT2D eigenvalue weighted by Crippen LogP contribution is 2.35. The maximum Gasteiger partial charge on any atom is 0.460 e. The Morgan fingerprint density at radius 1 is 1.45 bits per heavy atom. The van der Waals surface area contributed by atoms with E-state index in [9.17, 15) is 0 Å². The Morgan fingerprint density at radius 2 is 2.09 bits per heavy atom. The van der Waals surface area contributed by atoms with Crippen molar-refractivity contribution >= 4 is 30.3 Å². The Balaban J connectivity index is 2.81. The van der Waals surface area contributed by atoms with Gasteiger partial charge in [0, 0.05) is 10.8 Å². The number of hydrogen-bond acceptors (Lipinski definition) is 2. The molecular weight excluding hydrogens is 186 g/mol. The van der Waals surface area contributed by atoms with Gasteiger partial charge in [-0.2, -0.15) is 0 Å². The molecule has 0 aromatic rings. The highest BCUT2D eigenvalue weighted by molar-refractivity contribution is 6.51. The summed E-state index contributed by atoms with van der Waals surface area (Å²) in [7, 11) is -1.43. The number of hydrogen-bond donors (Lipinski definition) is 2. The molecule has 11 heavy (non-hydrogen) atoms. The minimum absolute atomic E-state index is 0.323. The molecule has 1 aliphatic carbocycles. The molecule has 0 heterocycles. The summed E-state index contributed by atoms with van der Waals surface area (Å²) in [6.45, 7) is 0. The van der Waals surface area contributed by atoms with Gasteiger partial charge in [-0.15, -0.1) is 0 Å². The molecule has 60 valence electrons. The zero-order chi connectivity index (χ0) is 8.43.